The number of likely N-dealkylation sites (tertiary alicyclic amines) is 1. The SMILES string of the molecule is CCNC(=O)N1CCC(NS(=O)(=O)c2cnn(C)c2)C1. The van der Waals surface area contributed by atoms with E-state index in [0.29, 0.717) is 26.1 Å². The van der Waals surface area contributed by atoms with Crippen molar-refractivity contribution in [1.82, 2.24) is 24.7 Å². The highest BCUT2D eigenvalue weighted by Gasteiger charge is 2.30. The molecule has 1 aliphatic heterocycles. The molecule has 0 bridgehead atoms. The van der Waals surface area contributed by atoms with Crippen LogP contribution in [-0.2, 0) is 17.1 Å². The van der Waals surface area contributed by atoms with E-state index >= 15 is 0 Å². The summed E-state index contributed by atoms with van der Waals surface area (Å²) in [5.41, 5.74) is 0. The van der Waals surface area contributed by atoms with Gasteiger partial charge >= 0.3 is 6.03 Å². The van der Waals surface area contributed by atoms with Crippen LogP contribution >= 0.6 is 0 Å². The molecule has 1 aliphatic rings. The third-order valence-corrected chi connectivity index (χ3v) is 4.59. The molecule has 0 aromatic carbocycles. The van der Waals surface area contributed by atoms with Gasteiger partial charge in [-0.05, 0) is 13.3 Å². The number of hydrogen-bond acceptors (Lipinski definition) is 4. The van der Waals surface area contributed by atoms with E-state index in [2.05, 4.69) is 15.1 Å². The standard InChI is InChI=1S/C11H19N5O3S/c1-3-12-11(17)16-5-4-9(7-16)14-20(18,19)10-6-13-15(2)8-10/h6,8-9,14H,3-5,7H2,1-2H3,(H,12,17). The molecule has 2 amide bonds. The predicted octanol–water partition coefficient (Wildman–Crippen LogP) is -0.498. The lowest BCUT2D eigenvalue weighted by Crippen LogP contribution is -2.42. The molecule has 1 saturated heterocycles. The van der Waals surface area contributed by atoms with Gasteiger partial charge in [0, 0.05) is 38.9 Å². The van der Waals surface area contributed by atoms with E-state index in [1.807, 2.05) is 6.92 Å². The van der Waals surface area contributed by atoms with Crippen LogP contribution in [0.3, 0.4) is 0 Å². The molecule has 0 spiro atoms. The first-order valence-electron chi connectivity index (χ1n) is 6.46. The summed E-state index contributed by atoms with van der Waals surface area (Å²) in [6.07, 6.45) is 3.36. The number of carbonyl (C=O) groups excluding carboxylic acids is 1. The van der Waals surface area contributed by atoms with Crippen molar-refractivity contribution < 1.29 is 13.2 Å². The number of urea groups is 1. The van der Waals surface area contributed by atoms with Gasteiger partial charge in [-0.15, -0.1) is 0 Å². The van der Waals surface area contributed by atoms with Gasteiger partial charge in [0.25, 0.3) is 0 Å². The average molecular weight is 301 g/mol. The zero-order chi connectivity index (χ0) is 14.8. The fraction of sp³-hybridized carbons (Fsp3) is 0.636. The number of nitrogens with zero attached hydrogens (tertiary/aromatic N) is 3. The van der Waals surface area contributed by atoms with Gasteiger partial charge in [-0.3, -0.25) is 4.68 Å². The van der Waals surface area contributed by atoms with Crippen LogP contribution in [0.4, 0.5) is 4.79 Å². The lowest BCUT2D eigenvalue weighted by molar-refractivity contribution is 0.208. The number of hydrogen-bond donors (Lipinski definition) is 2. The molecule has 1 aromatic rings. The summed E-state index contributed by atoms with van der Waals surface area (Å²) in [6.45, 7) is 3.33. The number of amides is 2. The number of nitrogens with one attached hydrogen (secondary N) is 2. The van der Waals surface area contributed by atoms with Gasteiger partial charge in [0.1, 0.15) is 4.90 Å². The van der Waals surface area contributed by atoms with Crippen molar-refractivity contribution in [2.45, 2.75) is 24.3 Å². The minimum absolute atomic E-state index is 0.136. The summed E-state index contributed by atoms with van der Waals surface area (Å²) in [5.74, 6) is 0. The summed E-state index contributed by atoms with van der Waals surface area (Å²) in [5, 5.41) is 6.55. The van der Waals surface area contributed by atoms with Crippen molar-refractivity contribution in [3.05, 3.63) is 12.4 Å². The van der Waals surface area contributed by atoms with Crippen LogP contribution in [0.2, 0.25) is 0 Å². The predicted molar refractivity (Wildman–Crippen MR) is 72.6 cm³/mol. The molecule has 112 valence electrons. The minimum Gasteiger partial charge on any atom is -0.338 e. The van der Waals surface area contributed by atoms with Gasteiger partial charge in [0.05, 0.1) is 6.20 Å². The Balaban J connectivity index is 1.96. The fourth-order valence-corrected chi connectivity index (χ4v) is 3.37. The Bertz CT molecular complexity index is 583. The van der Waals surface area contributed by atoms with E-state index in [4.69, 9.17) is 0 Å². The van der Waals surface area contributed by atoms with Crippen LogP contribution in [0.25, 0.3) is 0 Å². The second kappa shape index (κ2) is 5.80. The first kappa shape index (κ1) is 14.8. The normalized spacial score (nSPS) is 19.3. The van der Waals surface area contributed by atoms with Gasteiger partial charge in [-0.2, -0.15) is 5.10 Å². The molecular formula is C11H19N5O3S. The zero-order valence-corrected chi connectivity index (χ0v) is 12.4. The molecule has 9 heteroatoms. The Hall–Kier alpha value is -1.61. The van der Waals surface area contributed by atoms with E-state index in [-0.39, 0.29) is 17.0 Å². The summed E-state index contributed by atoms with van der Waals surface area (Å²) < 4.78 is 28.3. The molecule has 8 nitrogen and oxygen atoms in total. The topological polar surface area (TPSA) is 96.3 Å². The van der Waals surface area contributed by atoms with Gasteiger partial charge in [-0.25, -0.2) is 17.9 Å². The van der Waals surface area contributed by atoms with Crippen molar-refractivity contribution in [1.29, 1.82) is 0 Å². The Morgan fingerprint density at radius 3 is 2.90 bits per heavy atom. The first-order valence-corrected chi connectivity index (χ1v) is 7.94. The fourth-order valence-electron chi connectivity index (χ4n) is 2.13. The molecule has 2 rings (SSSR count). The molecule has 0 saturated carbocycles. The minimum atomic E-state index is -3.58. The number of carbonyl (C=O) groups is 1. The van der Waals surface area contributed by atoms with Crippen molar-refractivity contribution >= 4 is 16.1 Å². The van der Waals surface area contributed by atoms with Gasteiger partial charge in [0.2, 0.25) is 10.0 Å². The highest BCUT2D eigenvalue weighted by atomic mass is 32.2. The molecule has 1 fully saturated rings. The highest BCUT2D eigenvalue weighted by molar-refractivity contribution is 7.89. The molecule has 1 atom stereocenters. The van der Waals surface area contributed by atoms with Crippen molar-refractivity contribution in [2.24, 2.45) is 7.05 Å². The van der Waals surface area contributed by atoms with Crippen molar-refractivity contribution in [2.75, 3.05) is 19.6 Å². The van der Waals surface area contributed by atoms with E-state index < -0.39 is 10.0 Å². The summed E-state index contributed by atoms with van der Waals surface area (Å²) in [6, 6.07) is -0.418. The van der Waals surface area contributed by atoms with E-state index in [0.717, 1.165) is 0 Å². The number of rotatable bonds is 4. The monoisotopic (exact) mass is 301 g/mol. The molecule has 2 N–H and O–H groups in total. The first-order chi connectivity index (χ1) is 9.42. The molecule has 20 heavy (non-hydrogen) atoms. The smallest absolute Gasteiger partial charge is 0.317 e. The Labute approximate surface area is 118 Å². The molecular weight excluding hydrogens is 282 g/mol. The molecule has 2 heterocycles. The summed E-state index contributed by atoms with van der Waals surface area (Å²) >= 11 is 0. The maximum absolute atomic E-state index is 12.1. The van der Waals surface area contributed by atoms with Gasteiger partial charge < -0.3 is 10.2 Å². The van der Waals surface area contributed by atoms with Crippen molar-refractivity contribution in [3.8, 4) is 0 Å². The number of sulfonamides is 1. The third-order valence-electron chi connectivity index (χ3n) is 3.12. The summed E-state index contributed by atoms with van der Waals surface area (Å²) in [4.78, 5) is 13.4. The maximum atomic E-state index is 12.1. The Kier molecular flexibility index (Phi) is 4.29. The van der Waals surface area contributed by atoms with E-state index in [1.165, 1.54) is 17.1 Å². The summed E-state index contributed by atoms with van der Waals surface area (Å²) in [7, 11) is -1.92. The lowest BCUT2D eigenvalue weighted by atomic mass is 10.3. The third kappa shape index (κ3) is 3.28. The largest absolute Gasteiger partial charge is 0.338 e. The van der Waals surface area contributed by atoms with Crippen LogP contribution in [-0.4, -0.2) is 54.8 Å². The van der Waals surface area contributed by atoms with Crippen molar-refractivity contribution in [3.63, 3.8) is 0 Å². The van der Waals surface area contributed by atoms with Gasteiger partial charge in [-0.1, -0.05) is 0 Å². The molecule has 1 aromatic heterocycles. The zero-order valence-electron chi connectivity index (χ0n) is 11.5. The van der Waals surface area contributed by atoms with Crippen LogP contribution in [0.15, 0.2) is 17.3 Å². The second-order valence-electron chi connectivity index (χ2n) is 4.74. The van der Waals surface area contributed by atoms with Gasteiger partial charge in [0.15, 0.2) is 0 Å². The quantitative estimate of drug-likeness (QED) is 0.784. The molecule has 0 radical (unpaired) electrons. The molecule has 0 aliphatic carbocycles. The van der Waals surface area contributed by atoms with E-state index in [1.54, 1.807) is 11.9 Å². The Morgan fingerprint density at radius 1 is 1.55 bits per heavy atom. The average Bonchev–Trinajstić information content (AvgIpc) is 2.98. The Morgan fingerprint density at radius 2 is 2.30 bits per heavy atom. The molecule has 1 unspecified atom stereocenters. The number of aromatic nitrogens is 2. The van der Waals surface area contributed by atoms with Crippen LogP contribution < -0.4 is 10.0 Å². The lowest BCUT2D eigenvalue weighted by Gasteiger charge is -2.17. The maximum Gasteiger partial charge on any atom is 0.317 e. The van der Waals surface area contributed by atoms with Crippen LogP contribution in [0, 0.1) is 0 Å². The van der Waals surface area contributed by atoms with Crippen LogP contribution in [0.5, 0.6) is 0 Å². The number of aryl methyl sites for hydroxylation is 1. The van der Waals surface area contributed by atoms with Crippen LogP contribution in [0.1, 0.15) is 13.3 Å². The van der Waals surface area contributed by atoms with E-state index in [9.17, 15) is 13.2 Å². The highest BCUT2D eigenvalue weighted by Crippen LogP contribution is 2.13. The second-order valence-corrected chi connectivity index (χ2v) is 6.45.